The second-order valence-electron chi connectivity index (χ2n) is 4.93. The molecule has 18 heavy (non-hydrogen) atoms. The number of nitrogen functional groups attached to an aromatic ring is 1. The van der Waals surface area contributed by atoms with E-state index in [-0.39, 0.29) is 10.7 Å². The molecule has 1 fully saturated rings. The number of hydrogen-bond acceptors (Lipinski definition) is 6. The second-order valence-corrected chi connectivity index (χ2v) is 7.65. The molecule has 0 amide bonds. The molecule has 1 aromatic rings. The number of nitrogens with one attached hydrogen (secondary N) is 1. The van der Waals surface area contributed by atoms with Crippen LogP contribution in [0, 0.1) is 5.92 Å². The Morgan fingerprint density at radius 3 is 2.72 bits per heavy atom. The lowest BCUT2D eigenvalue weighted by Crippen LogP contribution is -2.19. The zero-order valence-corrected chi connectivity index (χ0v) is 12.3. The summed E-state index contributed by atoms with van der Waals surface area (Å²) in [5.74, 6) is 0.903. The second kappa shape index (κ2) is 5.05. The van der Waals surface area contributed by atoms with Crippen molar-refractivity contribution in [1.29, 1.82) is 0 Å². The van der Waals surface area contributed by atoms with E-state index in [4.69, 9.17) is 5.73 Å². The Labute approximate surface area is 112 Å². The summed E-state index contributed by atoms with van der Waals surface area (Å²) in [6.45, 7) is 2.10. The molecule has 0 aromatic carbocycles. The van der Waals surface area contributed by atoms with Gasteiger partial charge in [0, 0.05) is 12.3 Å². The SMILES string of the molecule is CCC(CC1CC1)Nc1snc(N)c1S(C)(=O)=O. The van der Waals surface area contributed by atoms with Crippen molar-refractivity contribution >= 4 is 32.2 Å². The molecule has 1 aromatic heterocycles. The van der Waals surface area contributed by atoms with Gasteiger partial charge in [0.05, 0.1) is 0 Å². The van der Waals surface area contributed by atoms with E-state index < -0.39 is 9.84 Å². The van der Waals surface area contributed by atoms with Crippen LogP contribution in [0.4, 0.5) is 10.8 Å². The summed E-state index contributed by atoms with van der Waals surface area (Å²) in [4.78, 5) is 0.154. The molecule has 1 atom stereocenters. The summed E-state index contributed by atoms with van der Waals surface area (Å²) in [5, 5.41) is 3.88. The molecule has 2 rings (SSSR count). The third kappa shape index (κ3) is 3.14. The zero-order chi connectivity index (χ0) is 13.3. The first kappa shape index (κ1) is 13.6. The quantitative estimate of drug-likeness (QED) is 0.838. The Morgan fingerprint density at radius 1 is 1.56 bits per heavy atom. The molecule has 1 aliphatic carbocycles. The lowest BCUT2D eigenvalue weighted by atomic mass is 10.1. The predicted molar refractivity (Wildman–Crippen MR) is 74.7 cm³/mol. The highest BCUT2D eigenvalue weighted by Gasteiger charge is 2.27. The molecule has 1 aliphatic rings. The largest absolute Gasteiger partial charge is 0.382 e. The number of nitrogens with two attached hydrogens (primary N) is 1. The van der Waals surface area contributed by atoms with Crippen LogP contribution < -0.4 is 11.1 Å². The van der Waals surface area contributed by atoms with Crippen LogP contribution in [0.15, 0.2) is 4.90 Å². The first-order valence-electron chi connectivity index (χ1n) is 6.13. The van der Waals surface area contributed by atoms with Gasteiger partial charge in [0.15, 0.2) is 15.7 Å². The first-order valence-corrected chi connectivity index (χ1v) is 8.80. The standard InChI is InChI=1S/C11H19N3O2S2/c1-3-8(6-7-4-5-7)13-11-9(18(2,15)16)10(12)14-17-11/h7-8,13H,3-6H2,1-2H3,(H2,12,14). The predicted octanol–water partition coefficient (Wildman–Crippen LogP) is 2.12. The Bertz CT molecular complexity index is 520. The molecule has 1 heterocycles. The molecular weight excluding hydrogens is 270 g/mol. The van der Waals surface area contributed by atoms with Crippen LogP contribution in [0.5, 0.6) is 0 Å². The van der Waals surface area contributed by atoms with Gasteiger partial charge in [-0.1, -0.05) is 19.8 Å². The van der Waals surface area contributed by atoms with Gasteiger partial charge in [-0.3, -0.25) is 0 Å². The Morgan fingerprint density at radius 2 is 2.22 bits per heavy atom. The Hall–Kier alpha value is -0.820. The van der Waals surface area contributed by atoms with Crippen LogP contribution in [0.3, 0.4) is 0 Å². The van der Waals surface area contributed by atoms with Gasteiger partial charge < -0.3 is 11.1 Å². The van der Waals surface area contributed by atoms with Crippen LogP contribution in [0.25, 0.3) is 0 Å². The monoisotopic (exact) mass is 289 g/mol. The molecule has 0 saturated heterocycles. The van der Waals surface area contributed by atoms with Crippen molar-refractivity contribution < 1.29 is 8.42 Å². The molecule has 3 N–H and O–H groups in total. The summed E-state index contributed by atoms with van der Waals surface area (Å²) in [6.07, 6.45) is 5.82. The number of aromatic nitrogens is 1. The van der Waals surface area contributed by atoms with Crippen molar-refractivity contribution in [1.82, 2.24) is 4.37 Å². The topological polar surface area (TPSA) is 85.1 Å². The molecule has 0 bridgehead atoms. The van der Waals surface area contributed by atoms with E-state index in [9.17, 15) is 8.42 Å². The van der Waals surface area contributed by atoms with Crippen molar-refractivity contribution in [2.45, 2.75) is 43.5 Å². The summed E-state index contributed by atoms with van der Waals surface area (Å²) >= 11 is 1.13. The van der Waals surface area contributed by atoms with E-state index in [1.54, 1.807) is 0 Å². The van der Waals surface area contributed by atoms with Gasteiger partial charge in [-0.05, 0) is 30.3 Å². The van der Waals surface area contributed by atoms with Crippen molar-refractivity contribution in [2.24, 2.45) is 5.92 Å². The van der Waals surface area contributed by atoms with E-state index in [0.717, 1.165) is 30.3 Å². The molecule has 5 nitrogen and oxygen atoms in total. The molecule has 0 spiro atoms. The maximum atomic E-state index is 11.7. The first-order chi connectivity index (χ1) is 8.41. The third-order valence-electron chi connectivity index (χ3n) is 3.19. The van der Waals surface area contributed by atoms with E-state index in [2.05, 4.69) is 16.6 Å². The highest BCUT2D eigenvalue weighted by Crippen LogP contribution is 2.37. The van der Waals surface area contributed by atoms with Gasteiger partial charge in [0.25, 0.3) is 0 Å². The van der Waals surface area contributed by atoms with Gasteiger partial charge in [-0.15, -0.1) is 0 Å². The lowest BCUT2D eigenvalue weighted by Gasteiger charge is -2.17. The van der Waals surface area contributed by atoms with Crippen LogP contribution >= 0.6 is 11.5 Å². The fourth-order valence-corrected chi connectivity index (χ4v) is 4.15. The maximum Gasteiger partial charge on any atom is 0.182 e. The van der Waals surface area contributed by atoms with Crippen molar-refractivity contribution in [3.63, 3.8) is 0 Å². The smallest absolute Gasteiger partial charge is 0.182 e. The molecule has 0 radical (unpaired) electrons. The highest BCUT2D eigenvalue weighted by atomic mass is 32.2. The van der Waals surface area contributed by atoms with Crippen molar-refractivity contribution in [2.75, 3.05) is 17.3 Å². The van der Waals surface area contributed by atoms with Crippen LogP contribution in [0.1, 0.15) is 32.6 Å². The number of nitrogens with zero attached hydrogens (tertiary/aromatic N) is 1. The van der Waals surface area contributed by atoms with Crippen LogP contribution in [-0.2, 0) is 9.84 Å². The minimum atomic E-state index is -3.33. The number of sulfone groups is 1. The van der Waals surface area contributed by atoms with Crippen molar-refractivity contribution in [3.05, 3.63) is 0 Å². The van der Waals surface area contributed by atoms with Gasteiger partial charge in [-0.25, -0.2) is 8.42 Å². The van der Waals surface area contributed by atoms with E-state index in [1.165, 1.54) is 19.1 Å². The maximum absolute atomic E-state index is 11.7. The van der Waals surface area contributed by atoms with Gasteiger partial charge in [-0.2, -0.15) is 4.37 Å². The third-order valence-corrected chi connectivity index (χ3v) is 5.26. The van der Waals surface area contributed by atoms with E-state index >= 15 is 0 Å². The summed E-state index contributed by atoms with van der Waals surface area (Å²) in [6, 6.07) is 0.304. The number of rotatable bonds is 6. The molecule has 1 unspecified atom stereocenters. The normalized spacial score (nSPS) is 17.7. The minimum Gasteiger partial charge on any atom is -0.382 e. The van der Waals surface area contributed by atoms with Crippen molar-refractivity contribution in [3.8, 4) is 0 Å². The molecule has 7 heteroatoms. The fraction of sp³-hybridized carbons (Fsp3) is 0.727. The average molecular weight is 289 g/mol. The zero-order valence-electron chi connectivity index (χ0n) is 10.6. The summed E-state index contributed by atoms with van der Waals surface area (Å²) in [5.41, 5.74) is 5.64. The molecule has 1 saturated carbocycles. The van der Waals surface area contributed by atoms with E-state index in [1.807, 2.05) is 0 Å². The molecule has 0 aliphatic heterocycles. The van der Waals surface area contributed by atoms with Crippen LogP contribution in [0.2, 0.25) is 0 Å². The van der Waals surface area contributed by atoms with Gasteiger partial charge >= 0.3 is 0 Å². The number of anilines is 2. The Kier molecular flexibility index (Phi) is 3.82. The van der Waals surface area contributed by atoms with Crippen LogP contribution in [-0.4, -0.2) is 25.1 Å². The average Bonchev–Trinajstić information content (AvgIpc) is 2.99. The highest BCUT2D eigenvalue weighted by molar-refractivity contribution is 7.91. The lowest BCUT2D eigenvalue weighted by molar-refractivity contribution is 0.585. The van der Waals surface area contributed by atoms with E-state index in [0.29, 0.717) is 11.0 Å². The van der Waals surface area contributed by atoms with Gasteiger partial charge in [0.1, 0.15) is 9.90 Å². The molecule has 102 valence electrons. The minimum absolute atomic E-state index is 0.103. The summed E-state index contributed by atoms with van der Waals surface area (Å²) < 4.78 is 27.3. The van der Waals surface area contributed by atoms with Gasteiger partial charge in [0.2, 0.25) is 0 Å². The Balaban J connectivity index is 2.17. The molecular formula is C11H19N3O2S2. The fourth-order valence-electron chi connectivity index (χ4n) is 2.01. The summed E-state index contributed by atoms with van der Waals surface area (Å²) in [7, 11) is -3.33. The number of hydrogen-bond donors (Lipinski definition) is 2.